The number of nitrogens with zero attached hydrogens (tertiary/aromatic N) is 2. The average Bonchev–Trinajstić information content (AvgIpc) is 2.79. The zero-order valence-electron chi connectivity index (χ0n) is 12.0. The SMILES string of the molecule is Cl.Cn1c(C(=O)NCC2(N)CCCCC2)ccc1[N+](=O)[O-]. The second-order valence-corrected chi connectivity index (χ2v) is 5.50. The first-order valence-electron chi connectivity index (χ1n) is 6.80. The van der Waals surface area contributed by atoms with Crippen molar-refractivity contribution < 1.29 is 9.72 Å². The van der Waals surface area contributed by atoms with Crippen molar-refractivity contribution in [3.05, 3.63) is 27.9 Å². The van der Waals surface area contributed by atoms with Crippen LogP contribution in [-0.2, 0) is 7.05 Å². The highest BCUT2D eigenvalue weighted by molar-refractivity contribution is 5.93. The summed E-state index contributed by atoms with van der Waals surface area (Å²) in [6.07, 6.45) is 5.17. The van der Waals surface area contributed by atoms with Crippen LogP contribution in [0.1, 0.15) is 42.6 Å². The van der Waals surface area contributed by atoms with Crippen molar-refractivity contribution in [2.75, 3.05) is 6.54 Å². The van der Waals surface area contributed by atoms with Crippen molar-refractivity contribution in [1.29, 1.82) is 0 Å². The molecule has 0 aromatic carbocycles. The molecular formula is C13H21ClN4O3. The highest BCUT2D eigenvalue weighted by atomic mass is 35.5. The van der Waals surface area contributed by atoms with Crippen molar-refractivity contribution in [1.82, 2.24) is 9.88 Å². The van der Waals surface area contributed by atoms with Gasteiger partial charge in [-0.1, -0.05) is 19.3 Å². The van der Waals surface area contributed by atoms with Gasteiger partial charge in [0.1, 0.15) is 0 Å². The molecule has 0 bridgehead atoms. The van der Waals surface area contributed by atoms with Gasteiger partial charge in [-0.3, -0.25) is 4.79 Å². The standard InChI is InChI=1S/C13H20N4O3.ClH/c1-16-10(5-6-11(16)17(19)20)12(18)15-9-13(14)7-3-2-4-8-13;/h5-6H,2-4,7-9,14H2,1H3,(H,15,18);1H. The van der Waals surface area contributed by atoms with Crippen LogP contribution in [0.5, 0.6) is 0 Å². The van der Waals surface area contributed by atoms with E-state index in [0.29, 0.717) is 6.54 Å². The maximum absolute atomic E-state index is 12.1. The van der Waals surface area contributed by atoms with Gasteiger partial charge in [0.15, 0.2) is 5.69 Å². The third-order valence-electron chi connectivity index (χ3n) is 3.97. The van der Waals surface area contributed by atoms with E-state index in [1.165, 1.54) is 30.2 Å². The highest BCUT2D eigenvalue weighted by Gasteiger charge is 2.29. The average molecular weight is 317 g/mol. The molecule has 1 aromatic rings. The van der Waals surface area contributed by atoms with Gasteiger partial charge in [-0.25, -0.2) is 4.57 Å². The number of nitrogens with one attached hydrogen (secondary N) is 1. The van der Waals surface area contributed by atoms with Crippen LogP contribution >= 0.6 is 12.4 Å². The Morgan fingerprint density at radius 3 is 2.57 bits per heavy atom. The van der Waals surface area contributed by atoms with E-state index in [4.69, 9.17) is 5.73 Å². The molecule has 0 radical (unpaired) electrons. The number of hydrogen-bond donors (Lipinski definition) is 2. The number of nitro groups is 1. The number of carbonyl (C=O) groups is 1. The van der Waals surface area contributed by atoms with E-state index < -0.39 is 4.92 Å². The molecule has 0 spiro atoms. The molecule has 1 aromatic heterocycles. The van der Waals surface area contributed by atoms with Crippen LogP contribution in [0.4, 0.5) is 5.82 Å². The molecule has 0 atom stereocenters. The monoisotopic (exact) mass is 316 g/mol. The zero-order chi connectivity index (χ0) is 14.8. The smallest absolute Gasteiger partial charge is 0.323 e. The quantitative estimate of drug-likeness (QED) is 0.652. The molecule has 7 nitrogen and oxygen atoms in total. The Balaban J connectivity index is 0.00000220. The summed E-state index contributed by atoms with van der Waals surface area (Å²) in [5.41, 5.74) is 6.18. The minimum atomic E-state index is -0.512. The molecular weight excluding hydrogens is 296 g/mol. The molecule has 1 aliphatic carbocycles. The van der Waals surface area contributed by atoms with Gasteiger partial charge in [-0.15, -0.1) is 12.4 Å². The topological polar surface area (TPSA) is 103 Å². The van der Waals surface area contributed by atoms with Gasteiger partial charge in [-0.2, -0.15) is 0 Å². The predicted molar refractivity (Wildman–Crippen MR) is 81.7 cm³/mol. The van der Waals surface area contributed by atoms with E-state index in [-0.39, 0.29) is 35.4 Å². The number of carbonyl (C=O) groups excluding carboxylic acids is 1. The van der Waals surface area contributed by atoms with Crippen molar-refractivity contribution in [2.45, 2.75) is 37.6 Å². The lowest BCUT2D eigenvalue weighted by molar-refractivity contribution is -0.391. The fraction of sp³-hybridized carbons (Fsp3) is 0.615. The fourth-order valence-corrected chi connectivity index (χ4v) is 2.69. The molecule has 1 fully saturated rings. The summed E-state index contributed by atoms with van der Waals surface area (Å²) in [4.78, 5) is 22.3. The summed E-state index contributed by atoms with van der Waals surface area (Å²) in [7, 11) is 1.51. The molecule has 0 saturated heterocycles. The van der Waals surface area contributed by atoms with E-state index in [9.17, 15) is 14.9 Å². The molecule has 8 heteroatoms. The Morgan fingerprint density at radius 1 is 1.43 bits per heavy atom. The predicted octanol–water partition coefficient (Wildman–Crippen LogP) is 1.75. The number of halogens is 1. The minimum Gasteiger partial charge on any atom is -0.358 e. The number of hydrogen-bond acceptors (Lipinski definition) is 4. The first-order valence-corrected chi connectivity index (χ1v) is 6.80. The first-order chi connectivity index (χ1) is 9.43. The Bertz CT molecular complexity index is 523. The van der Waals surface area contributed by atoms with Crippen LogP contribution in [0.15, 0.2) is 12.1 Å². The van der Waals surface area contributed by atoms with Gasteiger partial charge in [0, 0.05) is 18.2 Å². The Hall–Kier alpha value is -1.60. The van der Waals surface area contributed by atoms with Crippen LogP contribution in [0.3, 0.4) is 0 Å². The maximum Gasteiger partial charge on any atom is 0.323 e. The van der Waals surface area contributed by atoms with Crippen molar-refractivity contribution in [2.24, 2.45) is 12.8 Å². The molecule has 0 unspecified atom stereocenters. The van der Waals surface area contributed by atoms with E-state index in [1.54, 1.807) is 0 Å². The molecule has 1 saturated carbocycles. The molecule has 0 aliphatic heterocycles. The van der Waals surface area contributed by atoms with Crippen LogP contribution in [0, 0.1) is 10.1 Å². The first kappa shape index (κ1) is 17.5. The number of nitrogens with two attached hydrogens (primary N) is 1. The summed E-state index contributed by atoms with van der Waals surface area (Å²) in [6.45, 7) is 0.408. The lowest BCUT2D eigenvalue weighted by atomic mass is 9.82. The number of rotatable bonds is 4. The highest BCUT2D eigenvalue weighted by Crippen LogP contribution is 2.25. The Morgan fingerprint density at radius 2 is 2.05 bits per heavy atom. The Kier molecular flexibility index (Phi) is 5.74. The molecule has 1 heterocycles. The van der Waals surface area contributed by atoms with Gasteiger partial charge < -0.3 is 21.2 Å². The number of aromatic nitrogens is 1. The van der Waals surface area contributed by atoms with Crippen LogP contribution in [0.2, 0.25) is 0 Å². The second kappa shape index (κ2) is 6.91. The third kappa shape index (κ3) is 3.95. The molecule has 3 N–H and O–H groups in total. The molecule has 2 rings (SSSR count). The summed E-state index contributed by atoms with van der Waals surface area (Å²) in [5.74, 6) is -0.425. The zero-order valence-corrected chi connectivity index (χ0v) is 12.8. The van der Waals surface area contributed by atoms with Crippen molar-refractivity contribution >= 4 is 24.1 Å². The van der Waals surface area contributed by atoms with Crippen LogP contribution in [-0.4, -0.2) is 27.5 Å². The lowest BCUT2D eigenvalue weighted by Crippen LogP contribution is -2.51. The van der Waals surface area contributed by atoms with Crippen LogP contribution in [0.25, 0.3) is 0 Å². The van der Waals surface area contributed by atoms with Gasteiger partial charge >= 0.3 is 5.82 Å². The Labute approximate surface area is 129 Å². The van der Waals surface area contributed by atoms with E-state index in [2.05, 4.69) is 5.32 Å². The van der Waals surface area contributed by atoms with Gasteiger partial charge in [0.05, 0.1) is 7.05 Å². The largest absolute Gasteiger partial charge is 0.358 e. The fourth-order valence-electron chi connectivity index (χ4n) is 2.69. The summed E-state index contributed by atoms with van der Waals surface area (Å²) >= 11 is 0. The summed E-state index contributed by atoms with van der Waals surface area (Å²) in [5, 5.41) is 13.5. The third-order valence-corrected chi connectivity index (χ3v) is 3.97. The molecule has 1 amide bonds. The van der Waals surface area contributed by atoms with Gasteiger partial charge in [0.25, 0.3) is 5.91 Å². The van der Waals surface area contributed by atoms with Crippen LogP contribution < -0.4 is 11.1 Å². The number of amides is 1. The minimum absolute atomic E-state index is 0. The summed E-state index contributed by atoms with van der Waals surface area (Å²) in [6, 6.07) is 2.78. The second-order valence-electron chi connectivity index (χ2n) is 5.50. The van der Waals surface area contributed by atoms with E-state index in [0.717, 1.165) is 25.7 Å². The van der Waals surface area contributed by atoms with E-state index in [1.807, 2.05) is 0 Å². The van der Waals surface area contributed by atoms with Gasteiger partial charge in [-0.05, 0) is 23.8 Å². The normalized spacial score (nSPS) is 16.9. The maximum atomic E-state index is 12.1. The molecule has 1 aliphatic rings. The molecule has 118 valence electrons. The van der Waals surface area contributed by atoms with E-state index >= 15 is 0 Å². The summed E-state index contributed by atoms with van der Waals surface area (Å²) < 4.78 is 1.28. The van der Waals surface area contributed by atoms with Crippen molar-refractivity contribution in [3.63, 3.8) is 0 Å². The molecule has 21 heavy (non-hydrogen) atoms. The van der Waals surface area contributed by atoms with Crippen molar-refractivity contribution in [3.8, 4) is 0 Å². The van der Waals surface area contributed by atoms with Gasteiger partial charge in [0.2, 0.25) is 0 Å². The lowest BCUT2D eigenvalue weighted by Gasteiger charge is -2.33.